The van der Waals surface area contributed by atoms with Crippen molar-refractivity contribution in [2.24, 2.45) is 11.8 Å². The molecule has 1 amide bonds. The van der Waals surface area contributed by atoms with Gasteiger partial charge in [-0.1, -0.05) is 13.8 Å². The summed E-state index contributed by atoms with van der Waals surface area (Å²) >= 11 is 0. The highest BCUT2D eigenvalue weighted by Crippen LogP contribution is 2.08. The zero-order chi connectivity index (χ0) is 9.40. The van der Waals surface area contributed by atoms with Crippen molar-refractivity contribution in [1.82, 2.24) is 10.7 Å². The van der Waals surface area contributed by atoms with Gasteiger partial charge in [0.15, 0.2) is 0 Å². The quantitative estimate of drug-likeness (QED) is 0.297. The number of hydrogen-bond donors (Lipinski definition) is 3. The van der Waals surface area contributed by atoms with Gasteiger partial charge < -0.3 is 5.32 Å². The fraction of sp³-hybridized carbons (Fsp3) is 0.875. The van der Waals surface area contributed by atoms with Crippen molar-refractivity contribution in [3.05, 3.63) is 0 Å². The highest BCUT2D eigenvalue weighted by atomic mass is 16.2. The summed E-state index contributed by atoms with van der Waals surface area (Å²) in [6.07, 6.45) is 2.02. The first-order valence-electron chi connectivity index (χ1n) is 4.56. The smallest absolute Gasteiger partial charge is 0.238 e. The number of rotatable bonds is 1. The first-order chi connectivity index (χ1) is 5.84. The van der Waals surface area contributed by atoms with E-state index in [0.29, 0.717) is 0 Å². The molecule has 1 saturated heterocycles. The van der Waals surface area contributed by atoms with Crippen LogP contribution in [0.5, 0.6) is 0 Å². The van der Waals surface area contributed by atoms with Gasteiger partial charge in [-0.3, -0.25) is 10.2 Å². The molecule has 4 nitrogen and oxygen atoms in total. The second-order valence-electron chi connectivity index (χ2n) is 2.55. The summed E-state index contributed by atoms with van der Waals surface area (Å²) < 4.78 is 0. The number of hydrogen-bond acceptors (Lipinski definition) is 3. The Morgan fingerprint density at radius 3 is 2.67 bits per heavy atom. The van der Waals surface area contributed by atoms with Crippen LogP contribution < -0.4 is 16.6 Å². The predicted octanol–water partition coefficient (Wildman–Crippen LogP) is 0.00210. The predicted molar refractivity (Wildman–Crippen MR) is 49.3 cm³/mol. The second-order valence-corrected chi connectivity index (χ2v) is 2.55. The molecule has 0 bridgehead atoms. The van der Waals surface area contributed by atoms with Gasteiger partial charge >= 0.3 is 0 Å². The summed E-state index contributed by atoms with van der Waals surface area (Å²) in [5.74, 6) is 5.01. The number of carbonyl (C=O) groups is 1. The largest absolute Gasteiger partial charge is 0.316 e. The van der Waals surface area contributed by atoms with E-state index in [2.05, 4.69) is 10.7 Å². The maximum atomic E-state index is 10.9. The molecule has 1 fully saturated rings. The Balaban J connectivity index is 0.000000561. The van der Waals surface area contributed by atoms with Crippen molar-refractivity contribution >= 4 is 5.91 Å². The highest BCUT2D eigenvalue weighted by molar-refractivity contribution is 5.78. The minimum Gasteiger partial charge on any atom is -0.316 e. The average molecular weight is 173 g/mol. The topological polar surface area (TPSA) is 67.1 Å². The molecule has 4 N–H and O–H groups in total. The van der Waals surface area contributed by atoms with Crippen LogP contribution in [0.2, 0.25) is 0 Å². The maximum absolute atomic E-state index is 10.9. The lowest BCUT2D eigenvalue weighted by molar-refractivity contribution is -0.125. The van der Waals surface area contributed by atoms with Crippen molar-refractivity contribution in [2.45, 2.75) is 26.7 Å². The van der Waals surface area contributed by atoms with E-state index >= 15 is 0 Å². The van der Waals surface area contributed by atoms with Gasteiger partial charge in [0, 0.05) is 6.54 Å². The second kappa shape index (κ2) is 7.06. The van der Waals surface area contributed by atoms with E-state index in [4.69, 9.17) is 5.84 Å². The van der Waals surface area contributed by atoms with Gasteiger partial charge in [0.25, 0.3) is 0 Å². The van der Waals surface area contributed by atoms with Gasteiger partial charge in [-0.05, 0) is 19.4 Å². The van der Waals surface area contributed by atoms with Crippen LogP contribution in [-0.2, 0) is 4.79 Å². The Labute approximate surface area is 73.9 Å². The molecule has 1 atom stereocenters. The molecular weight excluding hydrogens is 154 g/mol. The maximum Gasteiger partial charge on any atom is 0.238 e. The normalized spacial score (nSPS) is 22.1. The zero-order valence-corrected chi connectivity index (χ0v) is 7.89. The summed E-state index contributed by atoms with van der Waals surface area (Å²) in [4.78, 5) is 10.9. The Bertz CT molecular complexity index is 121. The fourth-order valence-electron chi connectivity index (χ4n) is 1.19. The lowest BCUT2D eigenvalue weighted by Gasteiger charge is -2.20. The Morgan fingerprint density at radius 2 is 2.25 bits per heavy atom. The molecule has 1 aliphatic heterocycles. The molecule has 0 aromatic heterocycles. The number of carbonyl (C=O) groups excluding carboxylic acids is 1. The van der Waals surface area contributed by atoms with Crippen LogP contribution in [0.3, 0.4) is 0 Å². The number of nitrogens with two attached hydrogens (primary N) is 1. The molecule has 0 radical (unpaired) electrons. The molecule has 0 aromatic carbocycles. The third kappa shape index (κ3) is 3.69. The molecule has 12 heavy (non-hydrogen) atoms. The first kappa shape index (κ1) is 11.4. The number of piperidine rings is 1. The molecule has 0 aromatic rings. The van der Waals surface area contributed by atoms with E-state index in [1.807, 2.05) is 13.8 Å². The monoisotopic (exact) mass is 173 g/mol. The van der Waals surface area contributed by atoms with Crippen LogP contribution >= 0.6 is 0 Å². The standard InChI is InChI=1S/C6H13N3O.C2H6/c7-9-6(10)5-2-1-3-8-4-5;1-2/h5,8H,1-4,7H2,(H,9,10);1-2H3. The van der Waals surface area contributed by atoms with Crippen LogP contribution in [0.15, 0.2) is 0 Å². The van der Waals surface area contributed by atoms with Crippen LogP contribution in [0.4, 0.5) is 0 Å². The molecule has 0 spiro atoms. The molecule has 0 saturated carbocycles. The third-order valence-electron chi connectivity index (χ3n) is 1.81. The summed E-state index contributed by atoms with van der Waals surface area (Å²) in [5.41, 5.74) is 2.16. The van der Waals surface area contributed by atoms with Crippen molar-refractivity contribution in [3.63, 3.8) is 0 Å². The van der Waals surface area contributed by atoms with E-state index < -0.39 is 0 Å². The van der Waals surface area contributed by atoms with Crippen LogP contribution in [0.1, 0.15) is 26.7 Å². The van der Waals surface area contributed by atoms with Crippen molar-refractivity contribution in [3.8, 4) is 0 Å². The van der Waals surface area contributed by atoms with Gasteiger partial charge in [-0.15, -0.1) is 0 Å². The average Bonchev–Trinajstić information content (AvgIpc) is 2.21. The van der Waals surface area contributed by atoms with Crippen molar-refractivity contribution in [1.29, 1.82) is 0 Å². The Morgan fingerprint density at radius 1 is 1.58 bits per heavy atom. The molecule has 1 rings (SSSR count). The van der Waals surface area contributed by atoms with Gasteiger partial charge in [0.2, 0.25) is 5.91 Å². The SMILES string of the molecule is CC.NNC(=O)C1CCCNC1. The van der Waals surface area contributed by atoms with Crippen LogP contribution in [-0.4, -0.2) is 19.0 Å². The molecular formula is C8H19N3O. The fourth-order valence-corrected chi connectivity index (χ4v) is 1.19. The van der Waals surface area contributed by atoms with Gasteiger partial charge in [-0.25, -0.2) is 5.84 Å². The van der Waals surface area contributed by atoms with Crippen molar-refractivity contribution < 1.29 is 4.79 Å². The minimum absolute atomic E-state index is 0.0489. The summed E-state index contributed by atoms with van der Waals surface area (Å²) in [6.45, 7) is 5.79. The lowest BCUT2D eigenvalue weighted by atomic mass is 9.99. The van der Waals surface area contributed by atoms with Crippen molar-refractivity contribution in [2.75, 3.05) is 13.1 Å². The van der Waals surface area contributed by atoms with E-state index in [-0.39, 0.29) is 11.8 Å². The van der Waals surface area contributed by atoms with Crippen LogP contribution in [0, 0.1) is 5.92 Å². The zero-order valence-electron chi connectivity index (χ0n) is 7.89. The molecule has 4 heteroatoms. The highest BCUT2D eigenvalue weighted by Gasteiger charge is 2.19. The summed E-state index contributed by atoms with van der Waals surface area (Å²) in [7, 11) is 0. The van der Waals surface area contributed by atoms with Crippen LogP contribution in [0.25, 0.3) is 0 Å². The molecule has 1 heterocycles. The van der Waals surface area contributed by atoms with Gasteiger partial charge in [-0.2, -0.15) is 0 Å². The summed E-state index contributed by atoms with van der Waals surface area (Å²) in [5, 5.41) is 3.13. The van der Waals surface area contributed by atoms with E-state index in [9.17, 15) is 4.79 Å². The number of amides is 1. The Kier molecular flexibility index (Phi) is 6.70. The number of hydrazine groups is 1. The lowest BCUT2D eigenvalue weighted by Crippen LogP contribution is -2.43. The first-order valence-corrected chi connectivity index (χ1v) is 4.56. The molecule has 1 unspecified atom stereocenters. The summed E-state index contributed by atoms with van der Waals surface area (Å²) in [6, 6.07) is 0. The van der Waals surface area contributed by atoms with E-state index in [1.165, 1.54) is 0 Å². The molecule has 72 valence electrons. The van der Waals surface area contributed by atoms with E-state index in [1.54, 1.807) is 0 Å². The van der Waals surface area contributed by atoms with Gasteiger partial charge in [0.05, 0.1) is 5.92 Å². The molecule has 0 aliphatic carbocycles. The number of nitrogens with one attached hydrogen (secondary N) is 2. The van der Waals surface area contributed by atoms with Gasteiger partial charge in [0.1, 0.15) is 0 Å². The molecule has 1 aliphatic rings. The minimum atomic E-state index is -0.0489. The third-order valence-corrected chi connectivity index (χ3v) is 1.81. The Hall–Kier alpha value is -0.610. The van der Waals surface area contributed by atoms with E-state index in [0.717, 1.165) is 25.9 Å².